The molecule has 2 aromatic carbocycles. The third kappa shape index (κ3) is 8.12. The molecule has 1 atom stereocenters. The Balaban J connectivity index is 1.89. The molecule has 0 aliphatic carbocycles. The van der Waals surface area contributed by atoms with Gasteiger partial charge in [-0.05, 0) is 11.1 Å². The molecule has 0 heterocycles. The van der Waals surface area contributed by atoms with E-state index in [1.54, 1.807) is 23.8 Å². The van der Waals surface area contributed by atoms with Gasteiger partial charge in [-0.2, -0.15) is 0 Å². The summed E-state index contributed by atoms with van der Waals surface area (Å²) in [5, 5.41) is 2.79. The fourth-order valence-electron chi connectivity index (χ4n) is 3.16. The van der Waals surface area contributed by atoms with Gasteiger partial charge in [-0.3, -0.25) is 9.59 Å². The second kappa shape index (κ2) is 12.4. The molecule has 166 valence electrons. The summed E-state index contributed by atoms with van der Waals surface area (Å²) in [5.41, 5.74) is 2.00. The number of carbonyl (C=O) groups excluding carboxylic acids is 3. The number of benzene rings is 2. The van der Waals surface area contributed by atoms with Gasteiger partial charge in [0.2, 0.25) is 5.91 Å². The number of nitrogens with zero attached hydrogens (tertiary/aromatic N) is 2. The van der Waals surface area contributed by atoms with E-state index in [9.17, 15) is 14.4 Å². The number of rotatable bonds is 10. The lowest BCUT2D eigenvalue weighted by molar-refractivity contribution is -0.146. The number of esters is 1. The van der Waals surface area contributed by atoms with Crippen molar-refractivity contribution in [1.29, 1.82) is 0 Å². The Morgan fingerprint density at radius 2 is 1.48 bits per heavy atom. The molecule has 2 aromatic rings. The molecule has 0 aliphatic rings. The predicted molar refractivity (Wildman–Crippen MR) is 119 cm³/mol. The largest absolute Gasteiger partial charge is 0.469 e. The van der Waals surface area contributed by atoms with Crippen molar-refractivity contribution in [3.63, 3.8) is 0 Å². The zero-order valence-corrected chi connectivity index (χ0v) is 18.4. The van der Waals surface area contributed by atoms with Crippen LogP contribution in [0.15, 0.2) is 60.7 Å². The van der Waals surface area contributed by atoms with Gasteiger partial charge in [0, 0.05) is 39.6 Å². The topological polar surface area (TPSA) is 79.0 Å². The molecule has 0 spiro atoms. The molecule has 0 saturated heterocycles. The van der Waals surface area contributed by atoms with Crippen LogP contribution in [-0.2, 0) is 27.4 Å². The molecule has 3 amide bonds. The molecule has 2 rings (SSSR count). The minimum atomic E-state index is -0.441. The van der Waals surface area contributed by atoms with Crippen molar-refractivity contribution in [2.24, 2.45) is 5.92 Å². The lowest BCUT2D eigenvalue weighted by Gasteiger charge is -2.25. The van der Waals surface area contributed by atoms with E-state index >= 15 is 0 Å². The summed E-state index contributed by atoms with van der Waals surface area (Å²) in [6.07, 6.45) is 0.144. The van der Waals surface area contributed by atoms with E-state index in [2.05, 4.69) is 5.32 Å². The highest BCUT2D eigenvalue weighted by Gasteiger charge is 2.22. The van der Waals surface area contributed by atoms with Crippen LogP contribution in [0.4, 0.5) is 4.79 Å². The molecule has 0 aromatic heterocycles. The Morgan fingerprint density at radius 1 is 0.935 bits per heavy atom. The normalized spacial score (nSPS) is 11.3. The Hall–Kier alpha value is -3.35. The van der Waals surface area contributed by atoms with Crippen LogP contribution in [-0.4, -0.2) is 55.0 Å². The van der Waals surface area contributed by atoms with Gasteiger partial charge in [0.15, 0.2) is 0 Å². The highest BCUT2D eigenvalue weighted by Crippen LogP contribution is 2.10. The Morgan fingerprint density at radius 3 is 2.03 bits per heavy atom. The van der Waals surface area contributed by atoms with Crippen LogP contribution >= 0.6 is 0 Å². The summed E-state index contributed by atoms with van der Waals surface area (Å²) in [6, 6.07) is 19.0. The Kier molecular flexibility index (Phi) is 9.55. The smallest absolute Gasteiger partial charge is 0.317 e. The highest BCUT2D eigenvalue weighted by molar-refractivity contribution is 5.79. The van der Waals surface area contributed by atoms with Gasteiger partial charge in [0.05, 0.1) is 13.0 Å². The van der Waals surface area contributed by atoms with Crippen LogP contribution in [0.2, 0.25) is 0 Å². The van der Waals surface area contributed by atoms with Crippen molar-refractivity contribution in [1.82, 2.24) is 15.1 Å². The molecule has 1 unspecified atom stereocenters. The number of hydrogen-bond acceptors (Lipinski definition) is 4. The number of amides is 3. The summed E-state index contributed by atoms with van der Waals surface area (Å²) in [4.78, 5) is 40.2. The maximum Gasteiger partial charge on any atom is 0.317 e. The van der Waals surface area contributed by atoms with Crippen molar-refractivity contribution >= 4 is 17.9 Å². The number of urea groups is 1. The molecule has 0 aliphatic heterocycles. The molecule has 0 bridgehead atoms. The number of hydrogen-bond donors (Lipinski definition) is 1. The van der Waals surface area contributed by atoms with Gasteiger partial charge in [-0.15, -0.1) is 0 Å². The maximum atomic E-state index is 12.8. The van der Waals surface area contributed by atoms with Crippen LogP contribution in [0.25, 0.3) is 0 Å². The number of ether oxygens (including phenoxy) is 1. The van der Waals surface area contributed by atoms with E-state index < -0.39 is 5.92 Å². The van der Waals surface area contributed by atoms with E-state index in [1.807, 2.05) is 60.7 Å². The van der Waals surface area contributed by atoms with E-state index in [4.69, 9.17) is 4.74 Å². The van der Waals surface area contributed by atoms with Crippen LogP contribution in [0, 0.1) is 5.92 Å². The highest BCUT2D eigenvalue weighted by atomic mass is 16.5. The second-order valence-corrected chi connectivity index (χ2v) is 7.51. The van der Waals surface area contributed by atoms with Gasteiger partial charge < -0.3 is 19.9 Å². The predicted octanol–water partition coefficient (Wildman–Crippen LogP) is 3.06. The van der Waals surface area contributed by atoms with Crippen LogP contribution < -0.4 is 5.32 Å². The van der Waals surface area contributed by atoms with Crippen molar-refractivity contribution < 1.29 is 19.1 Å². The monoisotopic (exact) mass is 425 g/mol. The summed E-state index contributed by atoms with van der Waals surface area (Å²) in [6.45, 7) is 3.08. The average molecular weight is 426 g/mol. The molecule has 0 saturated carbocycles. The molecular formula is C24H31N3O4. The molecule has 31 heavy (non-hydrogen) atoms. The van der Waals surface area contributed by atoms with Crippen molar-refractivity contribution in [3.05, 3.63) is 71.8 Å². The Labute approximate surface area is 184 Å². The molecule has 7 heteroatoms. The van der Waals surface area contributed by atoms with E-state index in [0.717, 1.165) is 11.1 Å². The fraction of sp³-hybridized carbons (Fsp3) is 0.375. The summed E-state index contributed by atoms with van der Waals surface area (Å²) in [5.74, 6) is -0.934. The summed E-state index contributed by atoms with van der Waals surface area (Å²) >= 11 is 0. The number of nitrogens with one attached hydrogen (secondary N) is 1. The van der Waals surface area contributed by atoms with Gasteiger partial charge >= 0.3 is 12.0 Å². The van der Waals surface area contributed by atoms with Gasteiger partial charge in [0.25, 0.3) is 0 Å². The molecule has 0 fully saturated rings. The van der Waals surface area contributed by atoms with E-state index in [0.29, 0.717) is 13.1 Å². The minimum Gasteiger partial charge on any atom is -0.469 e. The van der Waals surface area contributed by atoms with E-state index in [-0.39, 0.29) is 37.4 Å². The first-order chi connectivity index (χ1) is 14.9. The first-order valence-electron chi connectivity index (χ1n) is 10.3. The van der Waals surface area contributed by atoms with Gasteiger partial charge in [-0.25, -0.2) is 4.79 Å². The average Bonchev–Trinajstić information content (AvgIpc) is 2.79. The zero-order chi connectivity index (χ0) is 22.6. The number of methoxy groups -OCH3 is 1. The van der Waals surface area contributed by atoms with Crippen molar-refractivity contribution in [2.75, 3.05) is 27.2 Å². The zero-order valence-electron chi connectivity index (χ0n) is 18.4. The SMILES string of the molecule is COC(=O)C(C)CN(Cc1ccccc1)C(=O)CCNC(=O)N(C)Cc1ccccc1. The summed E-state index contributed by atoms with van der Waals surface area (Å²) < 4.78 is 4.79. The maximum absolute atomic E-state index is 12.8. The molecule has 7 nitrogen and oxygen atoms in total. The first-order valence-corrected chi connectivity index (χ1v) is 10.3. The van der Waals surface area contributed by atoms with Crippen LogP contribution in [0.3, 0.4) is 0 Å². The third-order valence-electron chi connectivity index (χ3n) is 4.89. The quantitative estimate of drug-likeness (QED) is 0.594. The first kappa shape index (κ1) is 23.9. The summed E-state index contributed by atoms with van der Waals surface area (Å²) in [7, 11) is 3.05. The van der Waals surface area contributed by atoms with Crippen LogP contribution in [0.5, 0.6) is 0 Å². The second-order valence-electron chi connectivity index (χ2n) is 7.51. The van der Waals surface area contributed by atoms with Crippen molar-refractivity contribution in [2.45, 2.75) is 26.4 Å². The molecule has 0 radical (unpaired) electrons. The van der Waals surface area contributed by atoms with Gasteiger partial charge in [-0.1, -0.05) is 67.6 Å². The Bertz CT molecular complexity index is 842. The van der Waals surface area contributed by atoms with Crippen LogP contribution in [0.1, 0.15) is 24.5 Å². The molecule has 1 N–H and O–H groups in total. The molecular weight excluding hydrogens is 394 g/mol. The lowest BCUT2D eigenvalue weighted by atomic mass is 10.1. The lowest BCUT2D eigenvalue weighted by Crippen LogP contribution is -2.41. The van der Waals surface area contributed by atoms with E-state index in [1.165, 1.54) is 7.11 Å². The number of carbonyl (C=O) groups is 3. The minimum absolute atomic E-state index is 0.134. The third-order valence-corrected chi connectivity index (χ3v) is 4.89. The standard InChI is InChI=1S/C24H31N3O4/c1-19(23(29)31-3)16-27(18-21-12-8-5-9-13-21)22(28)14-15-25-24(30)26(2)17-20-10-6-4-7-11-20/h4-13,19H,14-18H2,1-3H3,(H,25,30). The fourth-order valence-corrected chi connectivity index (χ4v) is 3.16. The van der Waals surface area contributed by atoms with Crippen molar-refractivity contribution in [3.8, 4) is 0 Å². The van der Waals surface area contributed by atoms with Gasteiger partial charge in [0.1, 0.15) is 0 Å².